The number of benzene rings is 3. The topological polar surface area (TPSA) is 57.9 Å². The van der Waals surface area contributed by atoms with E-state index in [2.05, 4.69) is 0 Å². The van der Waals surface area contributed by atoms with Gasteiger partial charge in [-0.15, -0.1) is 0 Å². The third-order valence-corrected chi connectivity index (χ3v) is 5.88. The van der Waals surface area contributed by atoms with Crippen molar-refractivity contribution in [1.82, 2.24) is 0 Å². The van der Waals surface area contributed by atoms with Crippen LogP contribution in [0.3, 0.4) is 0 Å². The Labute approximate surface area is 195 Å². The van der Waals surface area contributed by atoms with Gasteiger partial charge in [-0.1, -0.05) is 41.4 Å². The van der Waals surface area contributed by atoms with Gasteiger partial charge in [-0.05, 0) is 48.9 Å². The van der Waals surface area contributed by atoms with E-state index in [1.807, 2.05) is 25.1 Å². The quantitative estimate of drug-likeness (QED) is 0.314. The highest BCUT2D eigenvalue weighted by Gasteiger charge is 2.20. The van der Waals surface area contributed by atoms with E-state index in [9.17, 15) is 4.79 Å². The molecule has 0 fully saturated rings. The van der Waals surface area contributed by atoms with Gasteiger partial charge in [0, 0.05) is 21.2 Å². The normalized spacial score (nSPS) is 10.9. The molecule has 0 saturated heterocycles. The molecule has 0 saturated carbocycles. The third kappa shape index (κ3) is 4.14. The minimum Gasteiger partial charge on any atom is -0.493 e. The maximum absolute atomic E-state index is 13.4. The molecule has 0 aliphatic carbocycles. The molecule has 32 heavy (non-hydrogen) atoms. The van der Waals surface area contributed by atoms with Gasteiger partial charge in [0.05, 0.1) is 19.6 Å². The molecular formula is C25H20Cl2O5. The molecule has 0 aliphatic rings. The lowest BCUT2D eigenvalue weighted by Gasteiger charge is -2.14. The van der Waals surface area contributed by atoms with E-state index < -0.39 is 0 Å². The van der Waals surface area contributed by atoms with E-state index in [4.69, 9.17) is 41.8 Å². The molecule has 0 bridgehead atoms. The highest BCUT2D eigenvalue weighted by Crippen LogP contribution is 2.37. The summed E-state index contributed by atoms with van der Waals surface area (Å²) in [6.45, 7) is 1.94. The molecule has 1 aromatic heterocycles. The van der Waals surface area contributed by atoms with E-state index in [-0.39, 0.29) is 23.5 Å². The molecule has 5 nitrogen and oxygen atoms in total. The van der Waals surface area contributed by atoms with Gasteiger partial charge < -0.3 is 18.6 Å². The van der Waals surface area contributed by atoms with Crippen LogP contribution >= 0.6 is 23.2 Å². The lowest BCUT2D eigenvalue weighted by Crippen LogP contribution is -2.11. The van der Waals surface area contributed by atoms with Crippen LogP contribution in [-0.4, -0.2) is 14.2 Å². The van der Waals surface area contributed by atoms with Gasteiger partial charge in [0.2, 0.25) is 11.2 Å². The predicted molar refractivity (Wildman–Crippen MR) is 127 cm³/mol. The van der Waals surface area contributed by atoms with Crippen LogP contribution in [0.2, 0.25) is 10.0 Å². The Morgan fingerprint density at radius 3 is 2.38 bits per heavy atom. The lowest BCUT2D eigenvalue weighted by molar-refractivity contribution is 0.298. The Morgan fingerprint density at radius 1 is 0.906 bits per heavy atom. The molecule has 164 valence electrons. The summed E-state index contributed by atoms with van der Waals surface area (Å²) in [7, 11) is 3.09. The summed E-state index contributed by atoms with van der Waals surface area (Å²) >= 11 is 12.5. The summed E-state index contributed by atoms with van der Waals surface area (Å²) in [6.07, 6.45) is 0. The van der Waals surface area contributed by atoms with Crippen molar-refractivity contribution in [1.29, 1.82) is 0 Å². The summed E-state index contributed by atoms with van der Waals surface area (Å²) in [6, 6.07) is 15.9. The summed E-state index contributed by atoms with van der Waals surface area (Å²) in [5.74, 6) is 1.39. The van der Waals surface area contributed by atoms with Crippen LogP contribution in [0.5, 0.6) is 17.2 Å². The Kier molecular flexibility index (Phi) is 6.31. The number of ether oxygens (including phenoxy) is 3. The van der Waals surface area contributed by atoms with Gasteiger partial charge in [-0.2, -0.15) is 0 Å². The van der Waals surface area contributed by atoms with E-state index in [0.717, 1.165) is 11.1 Å². The number of rotatable bonds is 6. The second-order valence-electron chi connectivity index (χ2n) is 7.14. The van der Waals surface area contributed by atoms with Gasteiger partial charge in [0.25, 0.3) is 0 Å². The Bertz CT molecular complexity index is 1360. The number of halogens is 2. The molecule has 3 aromatic carbocycles. The average Bonchev–Trinajstić information content (AvgIpc) is 2.80. The first-order valence-corrected chi connectivity index (χ1v) is 10.5. The summed E-state index contributed by atoms with van der Waals surface area (Å²) in [4.78, 5) is 13.4. The number of hydrogen-bond acceptors (Lipinski definition) is 5. The Balaban J connectivity index is 1.91. The highest BCUT2D eigenvalue weighted by molar-refractivity contribution is 6.32. The second-order valence-corrected chi connectivity index (χ2v) is 7.95. The zero-order valence-electron chi connectivity index (χ0n) is 17.7. The maximum atomic E-state index is 13.4. The van der Waals surface area contributed by atoms with E-state index in [0.29, 0.717) is 38.1 Å². The first kappa shape index (κ1) is 22.1. The molecule has 0 spiro atoms. The standard InChI is InChI=1S/C25H20Cl2O5/c1-14-10-21-17(12-19(14)27)23(28)25(31-13-16-6-4-5-7-18(16)26)24(32-21)15-8-9-20(29-2)22(11-15)30-3/h4-12H,13H2,1-3H3. The van der Waals surface area contributed by atoms with Crippen molar-refractivity contribution in [2.24, 2.45) is 0 Å². The van der Waals surface area contributed by atoms with Crippen LogP contribution in [-0.2, 0) is 6.61 Å². The van der Waals surface area contributed by atoms with Crippen LogP contribution < -0.4 is 19.6 Å². The molecule has 7 heteroatoms. The van der Waals surface area contributed by atoms with Crippen molar-refractivity contribution in [2.75, 3.05) is 14.2 Å². The van der Waals surface area contributed by atoms with Gasteiger partial charge in [0.15, 0.2) is 17.3 Å². The molecule has 0 unspecified atom stereocenters. The number of hydrogen-bond donors (Lipinski definition) is 0. The monoisotopic (exact) mass is 470 g/mol. The van der Waals surface area contributed by atoms with E-state index >= 15 is 0 Å². The molecule has 4 aromatic rings. The highest BCUT2D eigenvalue weighted by atomic mass is 35.5. The predicted octanol–water partition coefficient (Wildman–Crippen LogP) is 6.67. The van der Waals surface area contributed by atoms with Crippen molar-refractivity contribution in [3.8, 4) is 28.6 Å². The first-order chi connectivity index (χ1) is 15.4. The molecule has 4 rings (SSSR count). The van der Waals surface area contributed by atoms with Gasteiger partial charge >= 0.3 is 0 Å². The van der Waals surface area contributed by atoms with Gasteiger partial charge in [0.1, 0.15) is 12.2 Å². The minimum absolute atomic E-state index is 0.0598. The fraction of sp³-hybridized carbons (Fsp3) is 0.160. The van der Waals surface area contributed by atoms with Crippen molar-refractivity contribution in [3.63, 3.8) is 0 Å². The summed E-state index contributed by atoms with van der Waals surface area (Å²) in [5, 5.41) is 1.35. The SMILES string of the molecule is COc1ccc(-c2oc3cc(C)c(Cl)cc3c(=O)c2OCc2ccccc2Cl)cc1OC. The number of methoxy groups -OCH3 is 2. The molecule has 0 atom stereocenters. The Morgan fingerprint density at radius 2 is 1.66 bits per heavy atom. The van der Waals surface area contributed by atoms with Crippen LogP contribution in [0, 0.1) is 6.92 Å². The van der Waals surface area contributed by atoms with Crippen molar-refractivity contribution in [2.45, 2.75) is 13.5 Å². The zero-order valence-corrected chi connectivity index (χ0v) is 19.2. The molecule has 0 aliphatic heterocycles. The molecule has 0 N–H and O–H groups in total. The van der Waals surface area contributed by atoms with Crippen molar-refractivity contribution in [3.05, 3.63) is 86.0 Å². The van der Waals surface area contributed by atoms with E-state index in [1.54, 1.807) is 50.6 Å². The fourth-order valence-corrected chi connectivity index (χ4v) is 3.72. The summed E-state index contributed by atoms with van der Waals surface area (Å²) in [5.41, 5.74) is 2.22. The fourth-order valence-electron chi connectivity index (χ4n) is 3.36. The van der Waals surface area contributed by atoms with Crippen molar-refractivity contribution >= 4 is 34.2 Å². The maximum Gasteiger partial charge on any atom is 0.235 e. The van der Waals surface area contributed by atoms with Crippen LogP contribution in [0.25, 0.3) is 22.3 Å². The lowest BCUT2D eigenvalue weighted by atomic mass is 10.1. The number of aryl methyl sites for hydroxylation is 1. The van der Waals surface area contributed by atoms with Crippen LogP contribution in [0.4, 0.5) is 0 Å². The van der Waals surface area contributed by atoms with Crippen LogP contribution in [0.1, 0.15) is 11.1 Å². The third-order valence-electron chi connectivity index (χ3n) is 5.11. The van der Waals surface area contributed by atoms with Gasteiger partial charge in [-0.25, -0.2) is 0 Å². The molecule has 0 amide bonds. The van der Waals surface area contributed by atoms with Crippen molar-refractivity contribution < 1.29 is 18.6 Å². The first-order valence-electron chi connectivity index (χ1n) is 9.78. The minimum atomic E-state index is -0.329. The largest absolute Gasteiger partial charge is 0.493 e. The smallest absolute Gasteiger partial charge is 0.235 e. The van der Waals surface area contributed by atoms with Gasteiger partial charge in [-0.3, -0.25) is 4.79 Å². The molecular weight excluding hydrogens is 451 g/mol. The second kappa shape index (κ2) is 9.15. The summed E-state index contributed by atoms with van der Waals surface area (Å²) < 4.78 is 22.9. The zero-order chi connectivity index (χ0) is 22.8. The molecule has 0 radical (unpaired) electrons. The Hall–Kier alpha value is -3.15. The number of fused-ring (bicyclic) bond motifs is 1. The van der Waals surface area contributed by atoms with Crippen LogP contribution in [0.15, 0.2) is 63.8 Å². The van der Waals surface area contributed by atoms with E-state index in [1.165, 1.54) is 0 Å². The molecule has 1 heterocycles. The average molecular weight is 471 g/mol.